The zero-order chi connectivity index (χ0) is 14.5. The van der Waals surface area contributed by atoms with Crippen LogP contribution in [0.3, 0.4) is 0 Å². The van der Waals surface area contributed by atoms with Gasteiger partial charge in [0.15, 0.2) is 0 Å². The number of tetrazole rings is 1. The van der Waals surface area contributed by atoms with Crippen molar-refractivity contribution in [3.63, 3.8) is 0 Å². The number of benzene rings is 1. The second-order valence-corrected chi connectivity index (χ2v) is 4.91. The van der Waals surface area contributed by atoms with Gasteiger partial charge in [0.05, 0.1) is 11.9 Å². The molecule has 0 fully saturated rings. The summed E-state index contributed by atoms with van der Waals surface area (Å²) >= 11 is 3.59. The highest BCUT2D eigenvalue weighted by Gasteiger charge is 2.06. The molecule has 1 aromatic heterocycles. The van der Waals surface area contributed by atoms with Crippen molar-refractivity contribution in [1.29, 1.82) is 0 Å². The molecule has 2 rings (SSSR count). The van der Waals surface area contributed by atoms with Crippen LogP contribution in [0.4, 0.5) is 11.6 Å². The molecule has 0 saturated carbocycles. The Morgan fingerprint density at radius 3 is 2.70 bits per heavy atom. The fourth-order valence-corrected chi connectivity index (χ4v) is 2.46. The largest absolute Gasteiger partial charge is 0.371 e. The topological polar surface area (TPSA) is 85.2 Å². The first-order chi connectivity index (χ1) is 9.65. The normalized spacial score (nSPS) is 11.2. The molecule has 8 heteroatoms. The molecule has 1 aromatic carbocycles. The second kappa shape index (κ2) is 6.47. The number of halogens is 1. The summed E-state index contributed by atoms with van der Waals surface area (Å²) < 4.78 is 1.02. The first-order valence-electron chi connectivity index (χ1n) is 6.28. The van der Waals surface area contributed by atoms with E-state index in [2.05, 4.69) is 61.4 Å². The Bertz CT molecular complexity index is 604. The maximum Gasteiger partial charge on any atom is 0.263 e. The van der Waals surface area contributed by atoms with E-state index in [-0.39, 0.29) is 5.95 Å². The van der Waals surface area contributed by atoms with Crippen molar-refractivity contribution in [3.8, 4) is 0 Å². The second-order valence-electron chi connectivity index (χ2n) is 4.05. The zero-order valence-corrected chi connectivity index (χ0v) is 12.9. The number of nitrogens with two attached hydrogens (primary N) is 1. The van der Waals surface area contributed by atoms with Gasteiger partial charge in [0.2, 0.25) is 0 Å². The third kappa shape index (κ3) is 3.13. The number of nitrogens with zero attached hydrogens (tertiary/aromatic N) is 6. The molecule has 2 N–H and O–H groups in total. The van der Waals surface area contributed by atoms with Crippen LogP contribution in [0.25, 0.3) is 0 Å². The summed E-state index contributed by atoms with van der Waals surface area (Å²) in [7, 11) is 0. The minimum absolute atomic E-state index is 0.153. The Hall–Kier alpha value is -1.96. The van der Waals surface area contributed by atoms with Crippen molar-refractivity contribution in [2.24, 2.45) is 5.10 Å². The molecule has 20 heavy (non-hydrogen) atoms. The number of hydrogen-bond donors (Lipinski definition) is 1. The van der Waals surface area contributed by atoms with Gasteiger partial charge in [0, 0.05) is 17.6 Å². The predicted molar refractivity (Wildman–Crippen MR) is 82.9 cm³/mol. The van der Waals surface area contributed by atoms with E-state index in [0.717, 1.165) is 28.8 Å². The van der Waals surface area contributed by atoms with E-state index in [0.29, 0.717) is 0 Å². The van der Waals surface area contributed by atoms with Crippen LogP contribution in [-0.4, -0.2) is 39.6 Å². The Kier molecular flexibility index (Phi) is 4.67. The van der Waals surface area contributed by atoms with Gasteiger partial charge in [-0.15, -0.1) is 0 Å². The van der Waals surface area contributed by atoms with Gasteiger partial charge in [-0.3, -0.25) is 0 Å². The number of hydrogen-bond acceptors (Lipinski definition) is 6. The summed E-state index contributed by atoms with van der Waals surface area (Å²) in [6.07, 6.45) is 1.66. The quantitative estimate of drug-likeness (QED) is 0.840. The fourth-order valence-electron chi connectivity index (χ4n) is 1.82. The Labute approximate surface area is 125 Å². The van der Waals surface area contributed by atoms with Crippen LogP contribution in [0, 0.1) is 0 Å². The Balaban J connectivity index is 2.21. The molecule has 0 saturated heterocycles. The van der Waals surface area contributed by atoms with Gasteiger partial charge in [-0.1, -0.05) is 16.0 Å². The van der Waals surface area contributed by atoms with Gasteiger partial charge in [-0.2, -0.15) is 5.10 Å². The number of rotatable bonds is 5. The van der Waals surface area contributed by atoms with Gasteiger partial charge in [-0.25, -0.2) is 0 Å². The lowest BCUT2D eigenvalue weighted by molar-refractivity contribution is 0.699. The van der Waals surface area contributed by atoms with Crippen LogP contribution < -0.4 is 10.6 Å². The standard InChI is InChI=1S/C12H16BrN7/c1-3-19(4-2)11-6-5-9(7-10(11)13)8-15-20-12(14)16-17-18-20/h5-8H,3-4H2,1-2H3,(H2,14,16,18)/b15-8-. The maximum absolute atomic E-state index is 5.53. The van der Waals surface area contributed by atoms with E-state index in [1.165, 1.54) is 4.79 Å². The maximum atomic E-state index is 5.53. The molecule has 0 bridgehead atoms. The molecule has 0 unspecified atom stereocenters. The van der Waals surface area contributed by atoms with Gasteiger partial charge < -0.3 is 10.6 Å². The SMILES string of the molecule is CCN(CC)c1ccc(/C=N\n2nnnc2N)cc1Br. The van der Waals surface area contributed by atoms with Gasteiger partial charge in [0.25, 0.3) is 5.95 Å². The van der Waals surface area contributed by atoms with E-state index >= 15 is 0 Å². The summed E-state index contributed by atoms with van der Waals surface area (Å²) in [5.74, 6) is 0.153. The van der Waals surface area contributed by atoms with Crippen LogP contribution in [0.5, 0.6) is 0 Å². The Morgan fingerprint density at radius 1 is 1.40 bits per heavy atom. The van der Waals surface area contributed by atoms with Gasteiger partial charge in [-0.05, 0) is 57.9 Å². The van der Waals surface area contributed by atoms with E-state index in [4.69, 9.17) is 5.73 Å². The summed E-state index contributed by atoms with van der Waals surface area (Å²) in [6.45, 7) is 6.19. The van der Waals surface area contributed by atoms with E-state index in [1.54, 1.807) is 6.21 Å². The number of nitrogen functional groups attached to an aromatic ring is 1. The summed E-state index contributed by atoms with van der Waals surface area (Å²) in [5.41, 5.74) is 7.63. The highest BCUT2D eigenvalue weighted by molar-refractivity contribution is 9.10. The molecule has 0 aliphatic carbocycles. The van der Waals surface area contributed by atoms with Crippen LogP contribution in [0.2, 0.25) is 0 Å². The Morgan fingerprint density at radius 2 is 2.15 bits per heavy atom. The monoisotopic (exact) mass is 337 g/mol. The minimum Gasteiger partial charge on any atom is -0.371 e. The van der Waals surface area contributed by atoms with Crippen molar-refractivity contribution >= 4 is 33.8 Å². The van der Waals surface area contributed by atoms with Crippen LogP contribution >= 0.6 is 15.9 Å². The molecule has 0 atom stereocenters. The van der Waals surface area contributed by atoms with E-state index in [9.17, 15) is 0 Å². The molecule has 0 radical (unpaired) electrons. The van der Waals surface area contributed by atoms with Crippen LogP contribution in [-0.2, 0) is 0 Å². The molecule has 2 aromatic rings. The summed E-state index contributed by atoms with van der Waals surface area (Å²) in [4.78, 5) is 3.44. The predicted octanol–water partition coefficient (Wildman–Crippen LogP) is 1.75. The lowest BCUT2D eigenvalue weighted by atomic mass is 10.2. The lowest BCUT2D eigenvalue weighted by Gasteiger charge is -2.22. The van der Waals surface area contributed by atoms with Crippen molar-refractivity contribution < 1.29 is 0 Å². The molecule has 0 amide bonds. The molecular weight excluding hydrogens is 322 g/mol. The highest BCUT2D eigenvalue weighted by atomic mass is 79.9. The van der Waals surface area contributed by atoms with Crippen molar-refractivity contribution in [1.82, 2.24) is 20.3 Å². The van der Waals surface area contributed by atoms with Crippen molar-refractivity contribution in [2.75, 3.05) is 23.7 Å². The first kappa shape index (κ1) is 14.4. The van der Waals surface area contributed by atoms with E-state index in [1.807, 2.05) is 12.1 Å². The average Bonchev–Trinajstić information content (AvgIpc) is 2.85. The molecule has 106 valence electrons. The molecule has 1 heterocycles. The van der Waals surface area contributed by atoms with Crippen LogP contribution in [0.1, 0.15) is 19.4 Å². The third-order valence-corrected chi connectivity index (χ3v) is 3.50. The number of aromatic nitrogens is 4. The smallest absolute Gasteiger partial charge is 0.263 e. The molecular formula is C12H16BrN7. The molecule has 7 nitrogen and oxygen atoms in total. The molecule has 0 aliphatic rings. The summed E-state index contributed by atoms with van der Waals surface area (Å²) in [5, 5.41) is 14.7. The van der Waals surface area contributed by atoms with Crippen LogP contribution in [0.15, 0.2) is 27.8 Å². The molecule has 0 spiro atoms. The van der Waals surface area contributed by atoms with Gasteiger partial charge in [0.1, 0.15) is 0 Å². The van der Waals surface area contributed by atoms with Crippen molar-refractivity contribution in [2.45, 2.75) is 13.8 Å². The number of anilines is 2. The molecule has 0 aliphatic heterocycles. The minimum atomic E-state index is 0.153. The fraction of sp³-hybridized carbons (Fsp3) is 0.333. The van der Waals surface area contributed by atoms with Gasteiger partial charge >= 0.3 is 0 Å². The lowest BCUT2D eigenvalue weighted by Crippen LogP contribution is -2.22. The van der Waals surface area contributed by atoms with Crippen molar-refractivity contribution in [3.05, 3.63) is 28.2 Å². The highest BCUT2D eigenvalue weighted by Crippen LogP contribution is 2.26. The third-order valence-electron chi connectivity index (χ3n) is 2.87. The average molecular weight is 338 g/mol. The first-order valence-corrected chi connectivity index (χ1v) is 7.07. The summed E-state index contributed by atoms with van der Waals surface area (Å²) in [6, 6.07) is 6.04. The zero-order valence-electron chi connectivity index (χ0n) is 11.4. The van der Waals surface area contributed by atoms with E-state index < -0.39 is 0 Å².